The van der Waals surface area contributed by atoms with Crippen LogP contribution in [-0.2, 0) is 16.8 Å². The molecule has 168 valence electrons. The molecule has 0 aromatic heterocycles. The number of rotatable bonds is 6. The predicted octanol–water partition coefficient (Wildman–Crippen LogP) is 7.24. The molecule has 31 heavy (non-hydrogen) atoms. The lowest BCUT2D eigenvalue weighted by molar-refractivity contribution is -0.120. The molecule has 0 spiro atoms. The maximum Gasteiger partial charge on any atom is 0.256 e. The minimum Gasteiger partial charge on any atom is -0.370 e. The summed E-state index contributed by atoms with van der Waals surface area (Å²) in [6, 6.07) is 8.64. The minimum atomic E-state index is -3.01. The van der Waals surface area contributed by atoms with Crippen molar-refractivity contribution >= 4 is 62.3 Å². The molecule has 1 aliphatic rings. The van der Waals surface area contributed by atoms with Crippen molar-refractivity contribution in [3.63, 3.8) is 0 Å². The fourth-order valence-electron chi connectivity index (χ4n) is 3.90. The van der Waals surface area contributed by atoms with E-state index < -0.39 is 11.3 Å². The van der Waals surface area contributed by atoms with Crippen LogP contribution in [0.5, 0.6) is 0 Å². The molecule has 1 unspecified atom stereocenters. The van der Waals surface area contributed by atoms with Gasteiger partial charge < -0.3 is 10.2 Å². The molecule has 0 saturated carbocycles. The first-order valence-electron chi connectivity index (χ1n) is 9.81. The summed E-state index contributed by atoms with van der Waals surface area (Å²) in [7, 11) is 0. The van der Waals surface area contributed by atoms with E-state index in [0.717, 1.165) is 22.6 Å². The van der Waals surface area contributed by atoms with Gasteiger partial charge in [-0.15, -0.1) is 0 Å². The molecule has 3 rings (SSSR count). The normalized spacial score (nSPS) is 19.0. The van der Waals surface area contributed by atoms with Gasteiger partial charge in [-0.3, -0.25) is 4.79 Å². The van der Waals surface area contributed by atoms with E-state index in [1.807, 2.05) is 23.1 Å². The number of hydrogen-bond donors (Lipinski definition) is 1. The maximum absolute atomic E-state index is 15.0. The van der Waals surface area contributed by atoms with Crippen LogP contribution in [0.15, 0.2) is 34.8 Å². The number of alkyl halides is 2. The van der Waals surface area contributed by atoms with Gasteiger partial charge in [0.1, 0.15) is 0 Å². The van der Waals surface area contributed by atoms with Crippen molar-refractivity contribution < 1.29 is 13.6 Å². The molecule has 1 heterocycles. The van der Waals surface area contributed by atoms with Crippen molar-refractivity contribution in [2.75, 3.05) is 18.0 Å². The molecule has 1 atom stereocenters. The number of hydrogen-bond acceptors (Lipinski definition) is 2. The lowest BCUT2D eigenvalue weighted by Crippen LogP contribution is -2.45. The zero-order valence-corrected chi connectivity index (χ0v) is 20.9. The summed E-state index contributed by atoms with van der Waals surface area (Å²) in [5.41, 5.74) is 0.646. The highest BCUT2D eigenvalue weighted by molar-refractivity contribution is 9.10. The van der Waals surface area contributed by atoms with Crippen LogP contribution in [-0.4, -0.2) is 24.9 Å². The number of nitrogens with one attached hydrogen (secondary N) is 1. The molecule has 1 aliphatic heterocycles. The molecule has 1 amide bonds. The first-order valence-corrected chi connectivity index (χ1v) is 11.7. The Bertz CT molecular complexity index is 976. The standard InChI is InChI=1S/C22H22BrCl3F2N2O/c1-3-19(31)29-11-13-4-5-15(10-16(13)23)30-7-6-22(12-30,21(2,27)28)14-8-17(24)20(26)18(25)9-14/h4-5,8-10H,3,6-7,11-12H2,1-2H3,(H,29,31). The Morgan fingerprint density at radius 2 is 1.87 bits per heavy atom. The molecule has 0 radical (unpaired) electrons. The van der Waals surface area contributed by atoms with Gasteiger partial charge in [0.25, 0.3) is 5.92 Å². The van der Waals surface area contributed by atoms with E-state index in [-0.39, 0.29) is 33.9 Å². The number of amides is 1. The Hall–Kier alpha value is -1.08. The molecule has 0 bridgehead atoms. The molecule has 3 nitrogen and oxygen atoms in total. The summed E-state index contributed by atoms with van der Waals surface area (Å²) >= 11 is 21.9. The predicted molar refractivity (Wildman–Crippen MR) is 127 cm³/mol. The van der Waals surface area contributed by atoms with Gasteiger partial charge in [0.15, 0.2) is 0 Å². The molecule has 2 aromatic rings. The van der Waals surface area contributed by atoms with Crippen LogP contribution in [0, 0.1) is 0 Å². The molecular weight excluding hydrogens is 533 g/mol. The third kappa shape index (κ3) is 4.97. The molecule has 1 N–H and O–H groups in total. The van der Waals surface area contributed by atoms with Crippen molar-refractivity contribution in [1.82, 2.24) is 5.32 Å². The van der Waals surface area contributed by atoms with Gasteiger partial charge in [-0.05, 0) is 41.8 Å². The maximum atomic E-state index is 15.0. The molecule has 1 saturated heterocycles. The van der Waals surface area contributed by atoms with Gasteiger partial charge in [0.2, 0.25) is 5.91 Å². The highest BCUT2D eigenvalue weighted by Gasteiger charge is 2.55. The first-order chi connectivity index (χ1) is 14.5. The molecule has 2 aromatic carbocycles. The Morgan fingerprint density at radius 3 is 2.42 bits per heavy atom. The van der Waals surface area contributed by atoms with Crippen molar-refractivity contribution in [3.05, 3.63) is 61.0 Å². The zero-order valence-electron chi connectivity index (χ0n) is 17.0. The summed E-state index contributed by atoms with van der Waals surface area (Å²) in [6.07, 6.45) is 0.645. The van der Waals surface area contributed by atoms with Crippen LogP contribution in [0.25, 0.3) is 0 Å². The van der Waals surface area contributed by atoms with Crippen molar-refractivity contribution in [2.45, 2.75) is 44.6 Å². The Labute approximate surface area is 204 Å². The fraction of sp³-hybridized carbons (Fsp3) is 0.409. The summed E-state index contributed by atoms with van der Waals surface area (Å²) in [5.74, 6) is -3.05. The largest absolute Gasteiger partial charge is 0.370 e. The van der Waals surface area contributed by atoms with Gasteiger partial charge >= 0.3 is 0 Å². The van der Waals surface area contributed by atoms with E-state index in [1.165, 1.54) is 12.1 Å². The number of halogens is 6. The van der Waals surface area contributed by atoms with Crippen molar-refractivity contribution in [3.8, 4) is 0 Å². The first kappa shape index (κ1) is 24.6. The molecule has 1 fully saturated rings. The van der Waals surface area contributed by atoms with Gasteiger partial charge in [-0.2, -0.15) is 0 Å². The van der Waals surface area contributed by atoms with E-state index >= 15 is 0 Å². The Balaban J connectivity index is 1.90. The third-order valence-electron chi connectivity index (χ3n) is 5.84. The number of carbonyl (C=O) groups is 1. The van der Waals surface area contributed by atoms with E-state index in [9.17, 15) is 13.6 Å². The lowest BCUT2D eigenvalue weighted by atomic mass is 9.74. The number of carbonyl (C=O) groups excluding carboxylic acids is 1. The van der Waals surface area contributed by atoms with Crippen LogP contribution >= 0.6 is 50.7 Å². The average molecular weight is 555 g/mol. The van der Waals surface area contributed by atoms with Gasteiger partial charge in [0, 0.05) is 43.1 Å². The lowest BCUT2D eigenvalue weighted by Gasteiger charge is -2.36. The van der Waals surface area contributed by atoms with Crippen LogP contribution in [0.1, 0.15) is 37.8 Å². The third-order valence-corrected chi connectivity index (χ3v) is 7.78. The van der Waals surface area contributed by atoms with Gasteiger partial charge in [0.05, 0.1) is 20.5 Å². The van der Waals surface area contributed by atoms with Gasteiger partial charge in [-0.1, -0.05) is 63.7 Å². The second-order valence-corrected chi connectivity index (χ2v) is 9.85. The molecular formula is C22H22BrCl3F2N2O. The number of nitrogens with zero attached hydrogens (tertiary/aromatic N) is 1. The van der Waals surface area contributed by atoms with E-state index in [1.54, 1.807) is 6.92 Å². The topological polar surface area (TPSA) is 32.3 Å². The van der Waals surface area contributed by atoms with Crippen molar-refractivity contribution in [2.24, 2.45) is 0 Å². The van der Waals surface area contributed by atoms with Crippen LogP contribution < -0.4 is 10.2 Å². The molecule has 9 heteroatoms. The summed E-state index contributed by atoms with van der Waals surface area (Å²) in [6.45, 7) is 3.66. The second-order valence-electron chi connectivity index (χ2n) is 7.80. The summed E-state index contributed by atoms with van der Waals surface area (Å²) in [4.78, 5) is 13.4. The quantitative estimate of drug-likeness (QED) is 0.382. The Morgan fingerprint density at radius 1 is 1.23 bits per heavy atom. The highest BCUT2D eigenvalue weighted by atomic mass is 79.9. The van der Waals surface area contributed by atoms with E-state index in [2.05, 4.69) is 21.2 Å². The van der Waals surface area contributed by atoms with Crippen LogP contribution in [0.3, 0.4) is 0 Å². The number of benzene rings is 2. The fourth-order valence-corrected chi connectivity index (χ4v) is 5.01. The van der Waals surface area contributed by atoms with E-state index in [4.69, 9.17) is 34.8 Å². The SMILES string of the molecule is CCC(=O)NCc1ccc(N2CCC(c3cc(Cl)c(Cl)c(Cl)c3)(C(C)(F)F)C2)cc1Br. The second kappa shape index (κ2) is 9.42. The summed E-state index contributed by atoms with van der Waals surface area (Å²) in [5, 5.41) is 3.31. The van der Waals surface area contributed by atoms with Crippen LogP contribution in [0.4, 0.5) is 14.5 Å². The molecule has 0 aliphatic carbocycles. The van der Waals surface area contributed by atoms with Crippen LogP contribution in [0.2, 0.25) is 15.1 Å². The minimum absolute atomic E-state index is 0.0363. The monoisotopic (exact) mass is 552 g/mol. The zero-order chi connectivity index (χ0) is 23.0. The summed E-state index contributed by atoms with van der Waals surface area (Å²) < 4.78 is 30.8. The van der Waals surface area contributed by atoms with E-state index in [0.29, 0.717) is 25.1 Å². The Kier molecular flexibility index (Phi) is 7.46. The highest BCUT2D eigenvalue weighted by Crippen LogP contribution is 2.49. The smallest absolute Gasteiger partial charge is 0.256 e. The van der Waals surface area contributed by atoms with Gasteiger partial charge in [-0.25, -0.2) is 8.78 Å². The average Bonchev–Trinajstić information content (AvgIpc) is 3.17. The van der Waals surface area contributed by atoms with Crippen molar-refractivity contribution in [1.29, 1.82) is 0 Å². The number of anilines is 1.